The van der Waals surface area contributed by atoms with Gasteiger partial charge in [-0.2, -0.15) is 0 Å². The van der Waals surface area contributed by atoms with E-state index in [9.17, 15) is 9.59 Å². The second kappa shape index (κ2) is 18.3. The molecule has 0 aliphatic carbocycles. The van der Waals surface area contributed by atoms with Crippen molar-refractivity contribution in [1.82, 2.24) is 20.0 Å². The fraction of sp³-hybridized carbons (Fsp3) is 0.556. The molecule has 2 aromatic heterocycles. The number of hydrogen-bond donors (Lipinski definition) is 0. The van der Waals surface area contributed by atoms with Crippen molar-refractivity contribution in [2.45, 2.75) is 116 Å². The van der Waals surface area contributed by atoms with E-state index < -0.39 is 18.0 Å². The van der Waals surface area contributed by atoms with Gasteiger partial charge in [-0.05, 0) is 30.7 Å². The van der Waals surface area contributed by atoms with E-state index >= 15 is 4.39 Å². The van der Waals surface area contributed by atoms with Crippen molar-refractivity contribution in [3.05, 3.63) is 60.4 Å². The predicted molar refractivity (Wildman–Crippen MR) is 180 cm³/mol. The summed E-state index contributed by atoms with van der Waals surface area (Å²) in [6.45, 7) is 3.03. The Morgan fingerprint density at radius 2 is 1.73 bits per heavy atom. The summed E-state index contributed by atoms with van der Waals surface area (Å²) in [6, 6.07) is 8.16. The number of benzene rings is 1. The number of hydrogen-bond acceptors (Lipinski definition) is 9. The summed E-state index contributed by atoms with van der Waals surface area (Å²) in [5.74, 6) is -0.690. The van der Waals surface area contributed by atoms with Crippen molar-refractivity contribution in [1.29, 1.82) is 0 Å². The lowest BCUT2D eigenvalue weighted by atomic mass is 10.0. The third-order valence-corrected chi connectivity index (χ3v) is 8.77. The fourth-order valence-electron chi connectivity index (χ4n) is 6.03. The maximum absolute atomic E-state index is 15.2. The quantitative estimate of drug-likeness (QED) is 0.0895. The van der Waals surface area contributed by atoms with Crippen LogP contribution in [0.5, 0.6) is 0 Å². The molecular weight excluding hydrogens is 615 g/mol. The number of aromatic nitrogens is 4. The van der Waals surface area contributed by atoms with Gasteiger partial charge >= 0.3 is 12.1 Å². The van der Waals surface area contributed by atoms with E-state index in [4.69, 9.17) is 14.3 Å². The molecule has 3 aromatic rings. The first-order chi connectivity index (χ1) is 23.5. The minimum Gasteiger partial charge on any atom is -0.462 e. The Hall–Kier alpha value is -4.35. The Labute approximate surface area is 281 Å². The normalized spacial score (nSPS) is 17.3. The van der Waals surface area contributed by atoms with Crippen LogP contribution in [-0.4, -0.2) is 63.1 Å². The van der Waals surface area contributed by atoms with E-state index in [0.29, 0.717) is 47.6 Å². The number of cyclic esters (lactones) is 1. The number of unbranched alkanes of at least 4 members (excludes halogenated alkanes) is 11. The average Bonchev–Trinajstić information content (AvgIpc) is 3.87. The van der Waals surface area contributed by atoms with Crippen molar-refractivity contribution >= 4 is 23.5 Å². The molecule has 0 N–H and O–H groups in total. The SMILES string of the molecule is CCCCCCCCCCCCCCC(=O)OCC1CC(c2ccc(-c3ccc(N4C[C@H](Cn5ccnn5)OC4=O)cc3F)cn2)=NO1. The summed E-state index contributed by atoms with van der Waals surface area (Å²) < 4.78 is 27.7. The van der Waals surface area contributed by atoms with Gasteiger partial charge in [0.25, 0.3) is 0 Å². The Morgan fingerprint density at radius 3 is 2.40 bits per heavy atom. The Balaban J connectivity index is 0.981. The molecule has 1 amide bonds. The van der Waals surface area contributed by atoms with E-state index in [1.807, 2.05) is 0 Å². The topological polar surface area (TPSA) is 121 Å². The maximum Gasteiger partial charge on any atom is 0.414 e. The number of amides is 1. The summed E-state index contributed by atoms with van der Waals surface area (Å²) in [5.41, 5.74) is 2.60. The summed E-state index contributed by atoms with van der Waals surface area (Å²) in [6.07, 6.45) is 19.4. The molecule has 11 nitrogen and oxygen atoms in total. The molecule has 2 aliphatic heterocycles. The summed E-state index contributed by atoms with van der Waals surface area (Å²) in [4.78, 5) is 36.0. The fourth-order valence-corrected chi connectivity index (χ4v) is 6.03. The molecule has 2 atom stereocenters. The van der Waals surface area contributed by atoms with Gasteiger partial charge in [-0.1, -0.05) is 94.0 Å². The lowest BCUT2D eigenvalue weighted by Crippen LogP contribution is -2.26. The Bertz CT molecular complexity index is 1480. The first-order valence-electron chi connectivity index (χ1n) is 17.5. The lowest BCUT2D eigenvalue weighted by Gasteiger charge is -2.14. The highest BCUT2D eigenvalue weighted by molar-refractivity contribution is 5.99. The zero-order chi connectivity index (χ0) is 33.6. The van der Waals surface area contributed by atoms with Crippen LogP contribution in [0, 0.1) is 5.82 Å². The van der Waals surface area contributed by atoms with E-state index in [0.717, 1.165) is 19.3 Å². The first kappa shape index (κ1) is 35.0. The molecule has 48 heavy (non-hydrogen) atoms. The molecule has 0 bridgehead atoms. The van der Waals surface area contributed by atoms with E-state index in [1.165, 1.54) is 68.8 Å². The monoisotopic (exact) mass is 662 g/mol. The van der Waals surface area contributed by atoms with Crippen molar-refractivity contribution < 1.29 is 28.3 Å². The zero-order valence-electron chi connectivity index (χ0n) is 27.9. The molecule has 258 valence electrons. The van der Waals surface area contributed by atoms with Crippen LogP contribution in [0.3, 0.4) is 0 Å². The van der Waals surface area contributed by atoms with Crippen LogP contribution in [0.15, 0.2) is 54.1 Å². The van der Waals surface area contributed by atoms with Gasteiger partial charge in [-0.3, -0.25) is 14.7 Å². The van der Waals surface area contributed by atoms with Crippen molar-refractivity contribution in [3.8, 4) is 11.1 Å². The number of carbonyl (C=O) groups excluding carboxylic acids is 2. The van der Waals surface area contributed by atoms with Gasteiger partial charge in [-0.25, -0.2) is 13.9 Å². The molecule has 0 spiro atoms. The molecule has 1 unspecified atom stereocenters. The van der Waals surface area contributed by atoms with Crippen LogP contribution in [0.4, 0.5) is 14.9 Å². The molecular formula is C36H47FN6O5. The highest BCUT2D eigenvalue weighted by Gasteiger charge is 2.33. The summed E-state index contributed by atoms with van der Waals surface area (Å²) in [5, 5.41) is 11.8. The van der Waals surface area contributed by atoms with Gasteiger partial charge in [0.1, 0.15) is 24.2 Å². The van der Waals surface area contributed by atoms with Crippen molar-refractivity contribution in [2.24, 2.45) is 5.16 Å². The van der Waals surface area contributed by atoms with Crippen LogP contribution in [0.25, 0.3) is 11.1 Å². The maximum atomic E-state index is 15.2. The number of rotatable bonds is 20. The second-order valence-electron chi connectivity index (χ2n) is 12.6. The molecule has 0 radical (unpaired) electrons. The van der Waals surface area contributed by atoms with Crippen LogP contribution < -0.4 is 4.90 Å². The summed E-state index contributed by atoms with van der Waals surface area (Å²) in [7, 11) is 0. The number of anilines is 1. The molecule has 2 aliphatic rings. The number of ether oxygens (including phenoxy) is 2. The number of halogens is 1. The molecule has 0 saturated carbocycles. The molecule has 1 aromatic carbocycles. The Kier molecular flexibility index (Phi) is 13.3. The zero-order valence-corrected chi connectivity index (χ0v) is 27.9. The molecule has 4 heterocycles. The third kappa shape index (κ3) is 10.3. The van der Waals surface area contributed by atoms with Gasteiger partial charge < -0.3 is 14.3 Å². The largest absolute Gasteiger partial charge is 0.462 e. The number of esters is 1. The van der Waals surface area contributed by atoms with E-state index in [1.54, 1.807) is 47.5 Å². The predicted octanol–water partition coefficient (Wildman–Crippen LogP) is 7.63. The standard InChI is InChI=1S/C36H47FN6O5/c1-2-3-4-5-6-7-8-9-10-11-12-13-14-35(44)46-26-29-22-34(40-48-29)33-18-15-27(23-38-33)31-17-16-28(21-32(31)37)43-25-30(47-36(43)45)24-42-20-19-39-41-42/h15-21,23,29-30H,2-14,22,24-26H2,1H3/t29?,30-/m0/s1. The van der Waals surface area contributed by atoms with Gasteiger partial charge in [0.05, 0.1) is 30.7 Å². The van der Waals surface area contributed by atoms with Crippen molar-refractivity contribution in [3.63, 3.8) is 0 Å². The molecule has 1 saturated heterocycles. The minimum absolute atomic E-state index is 0.144. The van der Waals surface area contributed by atoms with Crippen LogP contribution in [0.1, 0.15) is 103 Å². The van der Waals surface area contributed by atoms with Crippen LogP contribution in [-0.2, 0) is 25.7 Å². The van der Waals surface area contributed by atoms with E-state index in [-0.39, 0.29) is 25.2 Å². The van der Waals surface area contributed by atoms with Gasteiger partial charge in [0, 0.05) is 36.4 Å². The molecule has 5 rings (SSSR count). The number of pyridine rings is 1. The average molecular weight is 663 g/mol. The van der Waals surface area contributed by atoms with Gasteiger partial charge in [-0.15, -0.1) is 5.10 Å². The van der Waals surface area contributed by atoms with Gasteiger partial charge in [0.15, 0.2) is 6.10 Å². The highest BCUT2D eigenvalue weighted by Crippen LogP contribution is 2.29. The third-order valence-electron chi connectivity index (χ3n) is 8.77. The van der Waals surface area contributed by atoms with E-state index in [2.05, 4.69) is 27.4 Å². The van der Waals surface area contributed by atoms with Gasteiger partial charge in [0.2, 0.25) is 0 Å². The minimum atomic E-state index is -0.537. The molecule has 1 fully saturated rings. The lowest BCUT2D eigenvalue weighted by molar-refractivity contribution is -0.147. The van der Waals surface area contributed by atoms with Crippen LogP contribution in [0.2, 0.25) is 0 Å². The summed E-state index contributed by atoms with van der Waals surface area (Å²) >= 11 is 0. The molecule has 12 heteroatoms. The second-order valence-corrected chi connectivity index (χ2v) is 12.6. The van der Waals surface area contributed by atoms with Crippen molar-refractivity contribution in [2.75, 3.05) is 18.1 Å². The first-order valence-corrected chi connectivity index (χ1v) is 17.5. The van der Waals surface area contributed by atoms with Crippen LogP contribution >= 0.6 is 0 Å². The smallest absolute Gasteiger partial charge is 0.414 e. The number of oxime groups is 1. The highest BCUT2D eigenvalue weighted by atomic mass is 19.1. The Morgan fingerprint density at radius 1 is 0.979 bits per heavy atom. The number of nitrogens with zero attached hydrogens (tertiary/aromatic N) is 6. The number of carbonyl (C=O) groups is 2.